The summed E-state index contributed by atoms with van der Waals surface area (Å²) < 4.78 is 37.5. The number of fused-ring (bicyclic) bond motifs is 1. The summed E-state index contributed by atoms with van der Waals surface area (Å²) in [5.74, 6) is 0. The molecule has 2 rings (SSSR count). The molecular formula is C18H17F3N2O. The summed E-state index contributed by atoms with van der Waals surface area (Å²) in [6.07, 6.45) is -0.134. The van der Waals surface area contributed by atoms with Crippen LogP contribution >= 0.6 is 0 Å². The van der Waals surface area contributed by atoms with Gasteiger partial charge in [-0.1, -0.05) is 36.9 Å². The van der Waals surface area contributed by atoms with Gasteiger partial charge in [0.15, 0.2) is 0 Å². The van der Waals surface area contributed by atoms with Gasteiger partial charge in [-0.3, -0.25) is 4.79 Å². The molecule has 2 aromatic rings. The minimum atomic E-state index is -4.45. The summed E-state index contributed by atoms with van der Waals surface area (Å²) in [6.45, 7) is 6.61. The van der Waals surface area contributed by atoms with Gasteiger partial charge in [0.2, 0.25) is 0 Å². The first-order valence-electron chi connectivity index (χ1n) is 7.30. The lowest BCUT2D eigenvalue weighted by molar-refractivity contribution is -0.0878. The molecule has 0 radical (unpaired) electrons. The zero-order valence-corrected chi connectivity index (χ0v) is 13.4. The Morgan fingerprint density at radius 1 is 1.33 bits per heavy atom. The zero-order valence-electron chi connectivity index (χ0n) is 13.4. The van der Waals surface area contributed by atoms with Crippen molar-refractivity contribution in [3.63, 3.8) is 0 Å². The zero-order chi connectivity index (χ0) is 17.9. The van der Waals surface area contributed by atoms with Crippen molar-refractivity contribution in [1.82, 2.24) is 10.2 Å². The first kappa shape index (κ1) is 17.7. The molecular weight excluding hydrogens is 317 g/mol. The number of halogens is 3. The van der Waals surface area contributed by atoms with Crippen LogP contribution in [-0.2, 0) is 6.42 Å². The van der Waals surface area contributed by atoms with Crippen LogP contribution in [-0.4, -0.2) is 16.4 Å². The molecule has 1 N–H and O–H groups in total. The molecule has 0 fully saturated rings. The number of rotatable bonds is 4. The van der Waals surface area contributed by atoms with Crippen LogP contribution in [0.2, 0.25) is 0 Å². The third kappa shape index (κ3) is 3.82. The van der Waals surface area contributed by atoms with Crippen LogP contribution < -0.4 is 5.56 Å². The van der Waals surface area contributed by atoms with Gasteiger partial charge in [0, 0.05) is 17.4 Å². The maximum Gasteiger partial charge on any atom is 0.415 e. The molecule has 0 atom stereocenters. The van der Waals surface area contributed by atoms with E-state index in [1.807, 2.05) is 13.0 Å². The molecule has 1 heterocycles. The molecule has 6 heteroatoms. The van der Waals surface area contributed by atoms with E-state index < -0.39 is 11.7 Å². The normalized spacial score (nSPS) is 13.0. The number of hydrogen-bond acceptors (Lipinski definition) is 2. The molecule has 0 bridgehead atoms. The molecule has 0 unspecified atom stereocenters. The number of H-pyrrole nitrogens is 1. The van der Waals surface area contributed by atoms with E-state index >= 15 is 0 Å². The highest BCUT2D eigenvalue weighted by Gasteiger charge is 2.29. The summed E-state index contributed by atoms with van der Waals surface area (Å²) in [7, 11) is 0. The Hall–Kier alpha value is -2.63. The van der Waals surface area contributed by atoms with Gasteiger partial charge >= 0.3 is 6.18 Å². The Labute approximate surface area is 137 Å². The molecule has 1 aromatic heterocycles. The summed E-state index contributed by atoms with van der Waals surface area (Å²) in [4.78, 5) is 11.9. The third-order valence-corrected chi connectivity index (χ3v) is 3.70. The second kappa shape index (κ2) is 6.86. The molecule has 0 saturated carbocycles. The van der Waals surface area contributed by atoms with Crippen LogP contribution in [0.25, 0.3) is 10.8 Å². The number of nitrogens with one attached hydrogen (secondary N) is 1. The van der Waals surface area contributed by atoms with Crippen molar-refractivity contribution in [2.24, 2.45) is 0 Å². The Morgan fingerprint density at radius 3 is 2.67 bits per heavy atom. The fourth-order valence-electron chi connectivity index (χ4n) is 2.36. The van der Waals surface area contributed by atoms with E-state index in [0.29, 0.717) is 23.1 Å². The quantitative estimate of drug-likeness (QED) is 0.843. The fourth-order valence-corrected chi connectivity index (χ4v) is 2.36. The highest BCUT2D eigenvalue weighted by Crippen LogP contribution is 2.26. The standard InChI is InChI=1S/C18H17F3N2O/c1-4-13(9-8-12(3)18(19,20)21)10-15-16-11(2)6-5-7-14(16)17(24)23-22-15/h4-9H,3,10H2,1-2H3,(H,23,24)/b9-8-,13-4+. The maximum absolute atomic E-state index is 12.5. The van der Waals surface area contributed by atoms with Gasteiger partial charge in [-0.05, 0) is 31.1 Å². The van der Waals surface area contributed by atoms with Gasteiger partial charge in [-0.2, -0.15) is 18.3 Å². The molecule has 126 valence electrons. The molecule has 0 aliphatic heterocycles. The minimum Gasteiger partial charge on any atom is -0.267 e. The van der Waals surface area contributed by atoms with Gasteiger partial charge in [-0.25, -0.2) is 5.10 Å². The second-order valence-corrected chi connectivity index (χ2v) is 5.39. The van der Waals surface area contributed by atoms with Crippen LogP contribution in [0.3, 0.4) is 0 Å². The van der Waals surface area contributed by atoms with Crippen LogP contribution in [0.4, 0.5) is 13.2 Å². The average Bonchev–Trinajstić information content (AvgIpc) is 2.52. The first-order chi connectivity index (χ1) is 11.2. The van der Waals surface area contributed by atoms with Crippen LogP contribution in [0, 0.1) is 6.92 Å². The van der Waals surface area contributed by atoms with E-state index in [1.165, 1.54) is 6.08 Å². The van der Waals surface area contributed by atoms with Gasteiger partial charge in [0.1, 0.15) is 0 Å². The van der Waals surface area contributed by atoms with E-state index in [0.717, 1.165) is 17.0 Å². The molecule has 0 aliphatic rings. The lowest BCUT2D eigenvalue weighted by atomic mass is 10.0. The van der Waals surface area contributed by atoms with Crippen LogP contribution in [0.1, 0.15) is 18.2 Å². The van der Waals surface area contributed by atoms with Crippen molar-refractivity contribution >= 4 is 10.8 Å². The molecule has 0 aliphatic carbocycles. The van der Waals surface area contributed by atoms with Crippen molar-refractivity contribution in [3.8, 4) is 0 Å². The topological polar surface area (TPSA) is 45.8 Å². The lowest BCUT2D eigenvalue weighted by Gasteiger charge is -2.09. The Balaban J connectivity index is 2.39. The highest BCUT2D eigenvalue weighted by atomic mass is 19.4. The number of benzene rings is 1. The van der Waals surface area contributed by atoms with Crippen molar-refractivity contribution in [1.29, 1.82) is 0 Å². The summed E-state index contributed by atoms with van der Waals surface area (Å²) in [5.41, 5.74) is 0.931. The van der Waals surface area contributed by atoms with Gasteiger partial charge in [0.25, 0.3) is 5.56 Å². The van der Waals surface area contributed by atoms with Crippen molar-refractivity contribution in [2.75, 3.05) is 0 Å². The van der Waals surface area contributed by atoms with Gasteiger partial charge in [-0.15, -0.1) is 0 Å². The first-order valence-corrected chi connectivity index (χ1v) is 7.30. The van der Waals surface area contributed by atoms with E-state index in [4.69, 9.17) is 0 Å². The van der Waals surface area contributed by atoms with Crippen molar-refractivity contribution < 1.29 is 13.2 Å². The van der Waals surface area contributed by atoms with Crippen molar-refractivity contribution in [3.05, 3.63) is 75.8 Å². The fraction of sp³-hybridized carbons (Fsp3) is 0.222. The van der Waals surface area contributed by atoms with E-state index in [2.05, 4.69) is 16.8 Å². The molecule has 24 heavy (non-hydrogen) atoms. The van der Waals surface area contributed by atoms with Gasteiger partial charge < -0.3 is 0 Å². The number of aryl methyl sites for hydroxylation is 1. The second-order valence-electron chi connectivity index (χ2n) is 5.39. The predicted molar refractivity (Wildman–Crippen MR) is 88.9 cm³/mol. The molecule has 0 saturated heterocycles. The highest BCUT2D eigenvalue weighted by molar-refractivity contribution is 5.86. The Bertz CT molecular complexity index is 889. The largest absolute Gasteiger partial charge is 0.415 e. The smallest absolute Gasteiger partial charge is 0.267 e. The van der Waals surface area contributed by atoms with Crippen molar-refractivity contribution in [2.45, 2.75) is 26.4 Å². The Kier molecular flexibility index (Phi) is 5.07. The number of allylic oxidation sites excluding steroid dienone is 5. The summed E-state index contributed by atoms with van der Waals surface area (Å²) >= 11 is 0. The van der Waals surface area contributed by atoms with E-state index in [1.54, 1.807) is 25.1 Å². The predicted octanol–water partition coefficient (Wildman–Crippen LogP) is 4.40. The summed E-state index contributed by atoms with van der Waals surface area (Å²) in [6, 6.07) is 5.34. The maximum atomic E-state index is 12.5. The third-order valence-electron chi connectivity index (χ3n) is 3.70. The number of nitrogens with zero attached hydrogens (tertiary/aromatic N) is 1. The Morgan fingerprint density at radius 2 is 2.04 bits per heavy atom. The van der Waals surface area contributed by atoms with Crippen LogP contribution in [0.15, 0.2) is 58.9 Å². The number of hydrogen-bond donors (Lipinski definition) is 1. The number of aromatic amines is 1. The van der Waals surface area contributed by atoms with Crippen LogP contribution in [0.5, 0.6) is 0 Å². The van der Waals surface area contributed by atoms with E-state index in [-0.39, 0.29) is 5.56 Å². The molecule has 0 spiro atoms. The number of alkyl halides is 3. The monoisotopic (exact) mass is 334 g/mol. The minimum absolute atomic E-state index is 0.291. The van der Waals surface area contributed by atoms with E-state index in [9.17, 15) is 18.0 Å². The van der Waals surface area contributed by atoms with Gasteiger partial charge in [0.05, 0.1) is 11.1 Å². The molecule has 1 aromatic carbocycles. The average molecular weight is 334 g/mol. The number of aromatic nitrogens is 2. The SMILES string of the molecule is C=C(/C=C\C(=C/C)Cc1n[nH]c(=O)c2cccc(C)c12)C(F)(F)F. The lowest BCUT2D eigenvalue weighted by Crippen LogP contribution is -2.12. The summed E-state index contributed by atoms with van der Waals surface area (Å²) in [5, 5.41) is 7.75. The molecule has 3 nitrogen and oxygen atoms in total. The molecule has 0 amide bonds.